The van der Waals surface area contributed by atoms with Crippen molar-refractivity contribution in [3.63, 3.8) is 0 Å². The lowest BCUT2D eigenvalue weighted by molar-refractivity contribution is -0.325. The fourth-order valence-corrected chi connectivity index (χ4v) is 2.78. The van der Waals surface area contributed by atoms with Crippen LogP contribution in [-0.4, -0.2) is 24.9 Å². The van der Waals surface area contributed by atoms with E-state index in [0.717, 1.165) is 0 Å². The summed E-state index contributed by atoms with van der Waals surface area (Å²) in [5.41, 5.74) is 0.539. The largest absolute Gasteiger partial charge is 0.756 e. The summed E-state index contributed by atoms with van der Waals surface area (Å²) in [4.78, 5) is 11.5. The van der Waals surface area contributed by atoms with E-state index < -0.39 is 38.5 Å². The Kier molecular flexibility index (Phi) is 9.96. The number of phosphoric ester groups is 1. The van der Waals surface area contributed by atoms with Gasteiger partial charge in [-0.1, -0.05) is 20.8 Å². The van der Waals surface area contributed by atoms with Crippen molar-refractivity contribution in [2.24, 2.45) is 0 Å². The fraction of sp³-hybridized carbons (Fsp3) is 1.00. The molecular weight excluding hydrogens is 298 g/mol. The van der Waals surface area contributed by atoms with Gasteiger partial charge in [-0.3, -0.25) is 4.57 Å². The predicted molar refractivity (Wildman–Crippen MR) is 67.7 cm³/mol. The summed E-state index contributed by atoms with van der Waals surface area (Å²) in [5, 5.41) is 0. The van der Waals surface area contributed by atoms with Crippen LogP contribution < -0.4 is 10.6 Å². The molecule has 0 aliphatic heterocycles. The molecule has 0 fully saturated rings. The van der Waals surface area contributed by atoms with Crippen LogP contribution in [0.1, 0.15) is 47.0 Å². The number of hydrogen-bond donors (Lipinski definition) is 1. The van der Waals surface area contributed by atoms with Gasteiger partial charge in [-0.15, -0.1) is 0 Å². The zero-order valence-electron chi connectivity index (χ0n) is 12.6. The van der Waals surface area contributed by atoms with Gasteiger partial charge in [-0.05, 0) is 26.2 Å². The topological polar surface area (TPSA) is 86.2 Å². The van der Waals surface area contributed by atoms with E-state index in [-0.39, 0.29) is 0 Å². The number of phosphoric acid groups is 1. The van der Waals surface area contributed by atoms with Crippen molar-refractivity contribution >= 4 is 7.82 Å². The van der Waals surface area contributed by atoms with Crippen molar-refractivity contribution in [1.29, 1.82) is 0 Å². The van der Waals surface area contributed by atoms with Gasteiger partial charge in [0.2, 0.25) is 0 Å². The van der Waals surface area contributed by atoms with Crippen LogP contribution in [0.15, 0.2) is 0 Å². The minimum Gasteiger partial charge on any atom is -0.756 e. The van der Waals surface area contributed by atoms with Crippen LogP contribution in [0.25, 0.3) is 0 Å². The summed E-state index contributed by atoms with van der Waals surface area (Å²) in [5.74, 6) is 0. The van der Waals surface area contributed by atoms with Gasteiger partial charge >= 0.3 is 6.18 Å². The molecule has 3 N–H and O–H groups in total. The van der Waals surface area contributed by atoms with E-state index in [9.17, 15) is 22.6 Å². The summed E-state index contributed by atoms with van der Waals surface area (Å²) in [7, 11) is -3.24. The van der Waals surface area contributed by atoms with Gasteiger partial charge in [0.1, 0.15) is 0 Å². The lowest BCUT2D eigenvalue weighted by Gasteiger charge is -2.39. The number of alkyl halides is 3. The third kappa shape index (κ3) is 6.54. The molecule has 0 heterocycles. The first-order valence-electron chi connectivity index (χ1n) is 6.51. The van der Waals surface area contributed by atoms with Crippen LogP contribution in [0, 0.1) is 0 Å². The zero-order valence-corrected chi connectivity index (χ0v) is 13.5. The van der Waals surface area contributed by atoms with E-state index in [4.69, 9.17) is 0 Å². The van der Waals surface area contributed by atoms with Gasteiger partial charge in [-0.25, -0.2) is 0 Å². The molecule has 0 aliphatic carbocycles. The first-order chi connectivity index (χ1) is 9.03. The van der Waals surface area contributed by atoms with Crippen molar-refractivity contribution in [3.05, 3.63) is 0 Å². The van der Waals surface area contributed by atoms with Crippen LogP contribution in [0.5, 0.6) is 0 Å². The van der Waals surface area contributed by atoms with Crippen molar-refractivity contribution in [1.82, 2.24) is 0 Å². The normalized spacial score (nSPS) is 16.9. The maximum atomic E-state index is 12.9. The first kappa shape index (κ1) is 22.1. The minimum absolute atomic E-state index is 0.354. The highest BCUT2D eigenvalue weighted by atomic mass is 31.2. The van der Waals surface area contributed by atoms with E-state index in [2.05, 4.69) is 14.8 Å². The van der Waals surface area contributed by atoms with E-state index in [0.29, 0.717) is 6.42 Å². The van der Waals surface area contributed by atoms with Gasteiger partial charge < -0.3 is 19.7 Å². The smallest absolute Gasteiger partial charge is 0.417 e. The maximum absolute atomic E-state index is 12.9. The molecule has 20 heavy (non-hydrogen) atoms. The molecule has 124 valence electrons. The summed E-state index contributed by atoms with van der Waals surface area (Å²) in [6.45, 7) is 5.54. The molecule has 0 radical (unpaired) electrons. The molecule has 0 aromatic rings. The van der Waals surface area contributed by atoms with E-state index >= 15 is 0 Å². The van der Waals surface area contributed by atoms with E-state index in [1.54, 1.807) is 14.0 Å². The summed E-state index contributed by atoms with van der Waals surface area (Å²) >= 11 is 0. The number of quaternary nitrogens is 1. The molecule has 0 aliphatic rings. The van der Waals surface area contributed by atoms with Crippen LogP contribution in [0.4, 0.5) is 13.2 Å². The highest BCUT2D eigenvalue weighted by Gasteiger charge is 2.55. The van der Waals surface area contributed by atoms with Crippen molar-refractivity contribution in [3.8, 4) is 0 Å². The zero-order chi connectivity index (χ0) is 16.6. The van der Waals surface area contributed by atoms with Crippen LogP contribution in [0.2, 0.25) is 0 Å². The first-order valence-corrected chi connectivity index (χ1v) is 7.97. The van der Waals surface area contributed by atoms with Crippen LogP contribution >= 0.6 is 7.82 Å². The molecule has 0 saturated heterocycles. The Labute approximate surface area is 118 Å². The lowest BCUT2D eigenvalue weighted by atomic mass is 9.97. The third-order valence-corrected chi connectivity index (χ3v) is 4.02. The Hall–Kier alpha value is -0.140. The summed E-state index contributed by atoms with van der Waals surface area (Å²) in [6.07, 6.45) is -6.12. The SMILES string of the molecule is CCC(C)OP(=O)([O-])OC(CC)(CC)C(F)(F)F.C[NH3+]. The van der Waals surface area contributed by atoms with E-state index in [1.165, 1.54) is 20.8 Å². The lowest BCUT2D eigenvalue weighted by Crippen LogP contribution is -2.47. The minimum atomic E-state index is -4.99. The predicted octanol–water partition coefficient (Wildman–Crippen LogP) is 2.27. The molecule has 0 saturated carbocycles. The fourth-order valence-electron chi connectivity index (χ4n) is 1.36. The molecular formula is C11H25F3NO4P. The molecule has 0 bridgehead atoms. The number of hydrogen-bond acceptors (Lipinski definition) is 4. The second-order valence-corrected chi connectivity index (χ2v) is 5.35. The molecule has 0 rings (SSSR count). The Balaban J connectivity index is 0. The number of rotatable bonds is 7. The monoisotopic (exact) mass is 323 g/mol. The molecule has 9 heteroatoms. The highest BCUT2D eigenvalue weighted by Crippen LogP contribution is 2.52. The molecule has 0 aromatic heterocycles. The molecule has 0 amide bonds. The highest BCUT2D eigenvalue weighted by molar-refractivity contribution is 7.45. The Morgan fingerprint density at radius 1 is 1.20 bits per heavy atom. The second-order valence-electron chi connectivity index (χ2n) is 4.06. The van der Waals surface area contributed by atoms with Crippen molar-refractivity contribution in [2.45, 2.75) is 64.8 Å². The molecule has 5 nitrogen and oxygen atoms in total. The summed E-state index contributed by atoms with van der Waals surface area (Å²) in [6, 6.07) is 0. The molecule has 0 aromatic carbocycles. The van der Waals surface area contributed by atoms with Gasteiger partial charge in [-0.2, -0.15) is 13.2 Å². The Bertz CT molecular complexity index is 309. The average molecular weight is 323 g/mol. The van der Waals surface area contributed by atoms with Gasteiger partial charge in [0, 0.05) is 0 Å². The molecule has 2 unspecified atom stereocenters. The Morgan fingerprint density at radius 2 is 1.60 bits per heavy atom. The molecule has 2 atom stereocenters. The second kappa shape index (κ2) is 9.00. The van der Waals surface area contributed by atoms with E-state index in [1.807, 2.05) is 0 Å². The Morgan fingerprint density at radius 3 is 1.85 bits per heavy atom. The number of halogens is 3. The van der Waals surface area contributed by atoms with Crippen molar-refractivity contribution < 1.29 is 37.4 Å². The van der Waals surface area contributed by atoms with Crippen LogP contribution in [-0.2, 0) is 13.6 Å². The van der Waals surface area contributed by atoms with Crippen LogP contribution in [0.3, 0.4) is 0 Å². The quantitative estimate of drug-likeness (QED) is 0.728. The molecule has 0 spiro atoms. The summed E-state index contributed by atoms with van der Waals surface area (Å²) < 4.78 is 59.0. The third-order valence-electron chi connectivity index (χ3n) is 2.83. The van der Waals surface area contributed by atoms with Gasteiger partial charge in [0.15, 0.2) is 5.60 Å². The van der Waals surface area contributed by atoms with Gasteiger partial charge in [0.25, 0.3) is 7.82 Å². The maximum Gasteiger partial charge on any atom is 0.417 e. The average Bonchev–Trinajstić information content (AvgIpc) is 2.36. The van der Waals surface area contributed by atoms with Gasteiger partial charge in [0.05, 0.1) is 13.2 Å². The standard InChI is InChI=1S/C10H20F3O4P.CH5N/c1-5-8(4)16-18(14,15)17-9(6-2,7-3)10(11,12)13;1-2/h8H,5-7H2,1-4H3,(H,14,15);2H2,1H3. The van der Waals surface area contributed by atoms with Crippen molar-refractivity contribution in [2.75, 3.05) is 7.05 Å².